The number of carbonyl (C=O) groups excluding carboxylic acids is 2. The average Bonchev–Trinajstić information content (AvgIpc) is 3.38. The summed E-state index contributed by atoms with van der Waals surface area (Å²) >= 11 is 0. The van der Waals surface area contributed by atoms with E-state index in [1.807, 2.05) is 47.1 Å². The Hall–Kier alpha value is -2.83. The number of aryl methyl sites for hydroxylation is 1. The van der Waals surface area contributed by atoms with Crippen LogP contribution in [0.5, 0.6) is 0 Å². The number of carbonyl (C=O) groups is 2. The molecule has 2 aliphatic rings. The van der Waals surface area contributed by atoms with Crippen LogP contribution in [0.3, 0.4) is 0 Å². The third-order valence-electron chi connectivity index (χ3n) is 5.57. The molecule has 148 valence electrons. The molecule has 7 heteroatoms. The summed E-state index contributed by atoms with van der Waals surface area (Å²) in [6.45, 7) is 4.69. The van der Waals surface area contributed by atoms with Gasteiger partial charge in [0, 0.05) is 37.8 Å². The van der Waals surface area contributed by atoms with Gasteiger partial charge in [-0.3, -0.25) is 4.79 Å². The molecule has 0 radical (unpaired) electrons. The van der Waals surface area contributed by atoms with E-state index >= 15 is 0 Å². The first-order chi connectivity index (χ1) is 13.6. The Morgan fingerprint density at radius 1 is 1.04 bits per heavy atom. The molecule has 1 aromatic carbocycles. The topological polar surface area (TPSA) is 78.7 Å². The first-order valence-electron chi connectivity index (χ1n) is 9.99. The number of hydrogen-bond acceptors (Lipinski definition) is 4. The molecule has 0 unspecified atom stereocenters. The highest BCUT2D eigenvalue weighted by atomic mass is 16.4. The fourth-order valence-electron chi connectivity index (χ4n) is 3.91. The molecule has 28 heavy (non-hydrogen) atoms. The molecule has 0 saturated carbocycles. The fourth-order valence-corrected chi connectivity index (χ4v) is 3.91. The van der Waals surface area contributed by atoms with Gasteiger partial charge in [0.05, 0.1) is 0 Å². The lowest BCUT2D eigenvalue weighted by molar-refractivity contribution is 0.0786. The molecule has 3 heterocycles. The summed E-state index contributed by atoms with van der Waals surface area (Å²) in [5, 5.41) is 2.92. The standard InChI is InChI=1S/C21H26N4O3/c1-15-18(20(26)24-11-5-6-12-24)23-19(28-15)16-9-13-25(14-10-16)21(27)22-17-7-3-2-4-8-17/h2-4,7-8,16H,5-6,9-14H2,1H3,(H,22,27). The van der Waals surface area contributed by atoms with Crippen LogP contribution in [-0.2, 0) is 0 Å². The van der Waals surface area contributed by atoms with Crippen LogP contribution in [0.1, 0.15) is 53.7 Å². The van der Waals surface area contributed by atoms with E-state index < -0.39 is 0 Å². The first kappa shape index (κ1) is 18.5. The molecule has 0 aliphatic carbocycles. The van der Waals surface area contributed by atoms with Crippen molar-refractivity contribution in [3.63, 3.8) is 0 Å². The van der Waals surface area contributed by atoms with Crippen molar-refractivity contribution in [3.8, 4) is 0 Å². The summed E-state index contributed by atoms with van der Waals surface area (Å²) in [7, 11) is 0. The predicted octanol–water partition coefficient (Wildman–Crippen LogP) is 3.63. The van der Waals surface area contributed by atoms with Gasteiger partial charge in [-0.05, 0) is 44.7 Å². The smallest absolute Gasteiger partial charge is 0.321 e. The van der Waals surface area contributed by atoms with Crippen LogP contribution in [0.25, 0.3) is 0 Å². The second-order valence-electron chi connectivity index (χ2n) is 7.51. The van der Waals surface area contributed by atoms with Crippen molar-refractivity contribution in [2.24, 2.45) is 0 Å². The lowest BCUT2D eigenvalue weighted by Gasteiger charge is -2.30. The normalized spacial score (nSPS) is 17.8. The van der Waals surface area contributed by atoms with E-state index in [9.17, 15) is 9.59 Å². The van der Waals surface area contributed by atoms with Crippen molar-refractivity contribution >= 4 is 17.6 Å². The molecule has 2 aromatic rings. The number of benzene rings is 1. The van der Waals surface area contributed by atoms with E-state index in [1.54, 1.807) is 0 Å². The Balaban J connectivity index is 1.35. The molecule has 1 N–H and O–H groups in total. The fraction of sp³-hybridized carbons (Fsp3) is 0.476. The van der Waals surface area contributed by atoms with Gasteiger partial charge < -0.3 is 19.5 Å². The maximum Gasteiger partial charge on any atom is 0.321 e. The monoisotopic (exact) mass is 382 g/mol. The average molecular weight is 382 g/mol. The Morgan fingerprint density at radius 2 is 1.71 bits per heavy atom. The molecular formula is C21H26N4O3. The van der Waals surface area contributed by atoms with Crippen molar-refractivity contribution in [1.82, 2.24) is 14.8 Å². The maximum absolute atomic E-state index is 12.6. The lowest BCUT2D eigenvalue weighted by atomic mass is 9.97. The Morgan fingerprint density at radius 3 is 2.39 bits per heavy atom. The van der Waals surface area contributed by atoms with Crippen LogP contribution in [0.2, 0.25) is 0 Å². The van der Waals surface area contributed by atoms with Gasteiger partial charge in [0.15, 0.2) is 11.6 Å². The second-order valence-corrected chi connectivity index (χ2v) is 7.51. The molecule has 2 aliphatic heterocycles. The molecule has 2 saturated heterocycles. The Bertz CT molecular complexity index is 835. The summed E-state index contributed by atoms with van der Waals surface area (Å²) in [4.78, 5) is 33.3. The van der Waals surface area contributed by atoms with Gasteiger partial charge in [0.2, 0.25) is 0 Å². The third-order valence-corrected chi connectivity index (χ3v) is 5.57. The first-order valence-corrected chi connectivity index (χ1v) is 9.99. The molecule has 3 amide bonds. The van der Waals surface area contributed by atoms with Crippen LogP contribution >= 0.6 is 0 Å². The lowest BCUT2D eigenvalue weighted by Crippen LogP contribution is -2.40. The van der Waals surface area contributed by atoms with Gasteiger partial charge in [0.25, 0.3) is 5.91 Å². The van der Waals surface area contributed by atoms with E-state index in [0.717, 1.165) is 44.5 Å². The maximum atomic E-state index is 12.6. The largest absolute Gasteiger partial charge is 0.445 e. The zero-order valence-corrected chi connectivity index (χ0v) is 16.2. The minimum Gasteiger partial charge on any atom is -0.445 e. The van der Waals surface area contributed by atoms with Crippen LogP contribution in [0.4, 0.5) is 10.5 Å². The number of nitrogens with zero attached hydrogens (tertiary/aromatic N) is 3. The van der Waals surface area contributed by atoms with Gasteiger partial charge in [-0.25, -0.2) is 9.78 Å². The molecule has 0 bridgehead atoms. The van der Waals surface area contributed by atoms with Crippen molar-refractivity contribution < 1.29 is 14.0 Å². The highest BCUT2D eigenvalue weighted by molar-refractivity contribution is 5.93. The van der Waals surface area contributed by atoms with E-state index in [4.69, 9.17) is 4.42 Å². The minimum atomic E-state index is -0.0851. The number of para-hydroxylation sites is 1. The zero-order chi connectivity index (χ0) is 19.5. The second kappa shape index (κ2) is 8.04. The van der Waals surface area contributed by atoms with E-state index in [-0.39, 0.29) is 17.9 Å². The highest BCUT2D eigenvalue weighted by Crippen LogP contribution is 2.29. The summed E-state index contributed by atoms with van der Waals surface area (Å²) < 4.78 is 5.85. The number of anilines is 1. The van der Waals surface area contributed by atoms with Crippen molar-refractivity contribution in [2.75, 3.05) is 31.5 Å². The van der Waals surface area contributed by atoms with Gasteiger partial charge in [-0.15, -0.1) is 0 Å². The molecule has 4 rings (SSSR count). The summed E-state index contributed by atoms with van der Waals surface area (Å²) in [6.07, 6.45) is 3.66. The summed E-state index contributed by atoms with van der Waals surface area (Å²) in [5.74, 6) is 1.34. The molecule has 0 atom stereocenters. The van der Waals surface area contributed by atoms with E-state index in [0.29, 0.717) is 30.4 Å². The number of oxazole rings is 1. The summed E-state index contributed by atoms with van der Waals surface area (Å²) in [5.41, 5.74) is 1.24. The molecule has 2 fully saturated rings. The molecule has 7 nitrogen and oxygen atoms in total. The zero-order valence-electron chi connectivity index (χ0n) is 16.2. The summed E-state index contributed by atoms with van der Waals surface area (Å²) in [6, 6.07) is 9.38. The van der Waals surface area contributed by atoms with Crippen molar-refractivity contribution in [3.05, 3.63) is 47.7 Å². The number of urea groups is 1. The number of aromatic nitrogens is 1. The van der Waals surface area contributed by atoms with Gasteiger partial charge >= 0.3 is 6.03 Å². The molecule has 0 spiro atoms. The number of amides is 3. The van der Waals surface area contributed by atoms with Gasteiger partial charge in [0.1, 0.15) is 5.76 Å². The molecule has 1 aromatic heterocycles. The van der Waals surface area contributed by atoms with E-state index in [1.165, 1.54) is 0 Å². The Labute approximate surface area is 164 Å². The Kier molecular flexibility index (Phi) is 5.32. The molecular weight excluding hydrogens is 356 g/mol. The number of rotatable bonds is 3. The minimum absolute atomic E-state index is 0.0234. The highest BCUT2D eigenvalue weighted by Gasteiger charge is 2.30. The van der Waals surface area contributed by atoms with Gasteiger partial charge in [-0.2, -0.15) is 0 Å². The van der Waals surface area contributed by atoms with E-state index in [2.05, 4.69) is 10.3 Å². The van der Waals surface area contributed by atoms with Crippen LogP contribution in [-0.4, -0.2) is 52.9 Å². The third kappa shape index (κ3) is 3.88. The quantitative estimate of drug-likeness (QED) is 0.879. The van der Waals surface area contributed by atoms with Crippen LogP contribution in [0.15, 0.2) is 34.7 Å². The predicted molar refractivity (Wildman–Crippen MR) is 105 cm³/mol. The van der Waals surface area contributed by atoms with Gasteiger partial charge in [-0.1, -0.05) is 18.2 Å². The van der Waals surface area contributed by atoms with Crippen molar-refractivity contribution in [1.29, 1.82) is 0 Å². The number of likely N-dealkylation sites (tertiary alicyclic amines) is 2. The van der Waals surface area contributed by atoms with Crippen molar-refractivity contribution in [2.45, 2.75) is 38.5 Å². The van der Waals surface area contributed by atoms with Crippen LogP contribution in [0, 0.1) is 6.92 Å². The number of nitrogens with one attached hydrogen (secondary N) is 1. The van der Waals surface area contributed by atoms with Crippen LogP contribution < -0.4 is 5.32 Å². The number of hydrogen-bond donors (Lipinski definition) is 1. The SMILES string of the molecule is Cc1oc(C2CCN(C(=O)Nc3ccccc3)CC2)nc1C(=O)N1CCCC1. The number of piperidine rings is 1.